The maximum Gasteiger partial charge on any atom is 0.283 e. The van der Waals surface area contributed by atoms with Gasteiger partial charge in [-0.15, -0.1) is 4.40 Å². The minimum Gasteiger partial charge on any atom is -0.360 e. The second-order valence-electron chi connectivity index (χ2n) is 5.07. The van der Waals surface area contributed by atoms with Gasteiger partial charge in [-0.3, -0.25) is 0 Å². The van der Waals surface area contributed by atoms with Gasteiger partial charge in [0.2, 0.25) is 0 Å². The van der Waals surface area contributed by atoms with E-state index in [-0.39, 0.29) is 4.90 Å². The van der Waals surface area contributed by atoms with Crippen molar-refractivity contribution in [3.8, 4) is 0 Å². The van der Waals surface area contributed by atoms with Crippen LogP contribution >= 0.6 is 0 Å². The third-order valence-corrected chi connectivity index (χ3v) is 4.75. The van der Waals surface area contributed by atoms with Crippen molar-refractivity contribution in [1.29, 1.82) is 0 Å². The maximum absolute atomic E-state index is 12.4. The van der Waals surface area contributed by atoms with E-state index in [1.165, 1.54) is 0 Å². The van der Waals surface area contributed by atoms with E-state index in [4.69, 9.17) is 0 Å². The van der Waals surface area contributed by atoms with Crippen molar-refractivity contribution < 1.29 is 8.42 Å². The quantitative estimate of drug-likeness (QED) is 0.571. The number of sulfonamides is 1. The van der Waals surface area contributed by atoms with Crippen LogP contribution in [0.15, 0.2) is 33.6 Å². The lowest BCUT2D eigenvalue weighted by Crippen LogP contribution is -2.31. The maximum atomic E-state index is 12.4. The molecule has 0 aliphatic carbocycles. The minimum absolute atomic E-state index is 0.259. The molecule has 0 aliphatic rings. The van der Waals surface area contributed by atoms with Gasteiger partial charge in [0, 0.05) is 19.5 Å². The lowest BCUT2D eigenvalue weighted by atomic mass is 10.2. The normalized spacial score (nSPS) is 12.5. The molecule has 0 saturated carbocycles. The molecular formula is C16H26N2O2S. The predicted octanol–water partition coefficient (Wildman–Crippen LogP) is 3.61. The van der Waals surface area contributed by atoms with Crippen LogP contribution in [0.25, 0.3) is 0 Å². The molecule has 21 heavy (non-hydrogen) atoms. The van der Waals surface area contributed by atoms with Gasteiger partial charge in [-0.2, -0.15) is 8.42 Å². The van der Waals surface area contributed by atoms with Gasteiger partial charge in [0.05, 0.1) is 4.90 Å². The first-order chi connectivity index (χ1) is 9.94. The van der Waals surface area contributed by atoms with Gasteiger partial charge in [-0.25, -0.2) is 0 Å². The molecule has 0 aromatic heterocycles. The first kappa shape index (κ1) is 17.7. The average molecular weight is 310 g/mol. The van der Waals surface area contributed by atoms with Gasteiger partial charge in [0.25, 0.3) is 10.0 Å². The summed E-state index contributed by atoms with van der Waals surface area (Å²) in [6, 6.07) is 6.83. The summed E-state index contributed by atoms with van der Waals surface area (Å²) in [5, 5.41) is 0. The van der Waals surface area contributed by atoms with E-state index in [1.54, 1.807) is 24.3 Å². The minimum atomic E-state index is -3.63. The van der Waals surface area contributed by atoms with Crippen LogP contribution in [-0.4, -0.2) is 32.2 Å². The monoisotopic (exact) mass is 310 g/mol. The second kappa shape index (κ2) is 8.17. The number of benzene rings is 1. The number of hydrogen-bond acceptors (Lipinski definition) is 2. The molecule has 0 bridgehead atoms. The third kappa shape index (κ3) is 5.16. The van der Waals surface area contributed by atoms with Crippen molar-refractivity contribution >= 4 is 15.9 Å². The Morgan fingerprint density at radius 1 is 1.10 bits per heavy atom. The Morgan fingerprint density at radius 3 is 2.14 bits per heavy atom. The summed E-state index contributed by atoms with van der Waals surface area (Å²) in [7, 11) is -3.63. The summed E-state index contributed by atoms with van der Waals surface area (Å²) >= 11 is 0. The fraction of sp³-hybridized carbons (Fsp3) is 0.562. The Bertz CT molecular complexity index is 558. The molecule has 1 aromatic carbocycles. The van der Waals surface area contributed by atoms with Crippen molar-refractivity contribution in [1.82, 2.24) is 4.90 Å². The summed E-state index contributed by atoms with van der Waals surface area (Å²) in [4.78, 5) is 2.27. The molecule has 4 nitrogen and oxygen atoms in total. The molecule has 0 unspecified atom stereocenters. The smallest absolute Gasteiger partial charge is 0.283 e. The number of aryl methyl sites for hydroxylation is 1. The Balaban J connectivity index is 3.14. The highest BCUT2D eigenvalue weighted by molar-refractivity contribution is 7.90. The molecule has 0 spiro atoms. The van der Waals surface area contributed by atoms with Crippen molar-refractivity contribution in [2.75, 3.05) is 13.1 Å². The molecule has 0 radical (unpaired) electrons. The summed E-state index contributed by atoms with van der Waals surface area (Å²) in [6.07, 6.45) is 2.66. The van der Waals surface area contributed by atoms with Gasteiger partial charge in [-0.05, 0) is 39.3 Å². The van der Waals surface area contributed by atoms with Gasteiger partial charge >= 0.3 is 0 Å². The van der Waals surface area contributed by atoms with Gasteiger partial charge in [0.15, 0.2) is 0 Å². The van der Waals surface area contributed by atoms with Crippen molar-refractivity contribution in [2.24, 2.45) is 4.40 Å². The Labute approximate surface area is 128 Å². The van der Waals surface area contributed by atoms with E-state index < -0.39 is 10.0 Å². The highest BCUT2D eigenvalue weighted by Gasteiger charge is 2.16. The molecular weight excluding hydrogens is 284 g/mol. The number of unbranched alkanes of at least 4 members (excludes halogenated alkanes) is 1. The number of amidine groups is 1. The Morgan fingerprint density at radius 2 is 1.67 bits per heavy atom. The fourth-order valence-corrected chi connectivity index (χ4v) is 3.16. The van der Waals surface area contributed by atoms with E-state index in [9.17, 15) is 8.42 Å². The molecule has 0 amide bonds. The summed E-state index contributed by atoms with van der Waals surface area (Å²) < 4.78 is 29.0. The first-order valence-corrected chi connectivity index (χ1v) is 9.04. The molecule has 0 fully saturated rings. The summed E-state index contributed by atoms with van der Waals surface area (Å²) in [6.45, 7) is 9.59. The van der Waals surface area contributed by atoms with Gasteiger partial charge < -0.3 is 4.90 Å². The lowest BCUT2D eigenvalue weighted by Gasteiger charge is -2.22. The van der Waals surface area contributed by atoms with Crippen LogP contribution in [0, 0.1) is 6.92 Å². The number of hydrogen-bond donors (Lipinski definition) is 0. The SMILES string of the molecule is CCCCC(=NS(=O)(=O)c1ccc(C)cc1)N(CC)CC. The zero-order valence-electron chi connectivity index (χ0n) is 13.5. The lowest BCUT2D eigenvalue weighted by molar-refractivity contribution is 0.453. The van der Waals surface area contributed by atoms with E-state index in [0.717, 1.165) is 31.5 Å². The fourth-order valence-electron chi connectivity index (χ4n) is 2.09. The standard InChI is InChI=1S/C16H26N2O2S/c1-5-8-9-16(18(6-2)7-3)17-21(19,20)15-12-10-14(4)11-13-15/h10-13H,5-9H2,1-4H3. The van der Waals surface area contributed by atoms with Crippen LogP contribution in [0.2, 0.25) is 0 Å². The molecule has 0 atom stereocenters. The summed E-state index contributed by atoms with van der Waals surface area (Å²) in [5.74, 6) is 0.669. The van der Waals surface area contributed by atoms with Crippen LogP contribution < -0.4 is 0 Å². The van der Waals surface area contributed by atoms with E-state index in [1.807, 2.05) is 25.7 Å². The highest BCUT2D eigenvalue weighted by atomic mass is 32.2. The molecule has 0 saturated heterocycles. The highest BCUT2D eigenvalue weighted by Crippen LogP contribution is 2.15. The third-order valence-electron chi connectivity index (χ3n) is 3.43. The van der Waals surface area contributed by atoms with Gasteiger partial charge in [-0.1, -0.05) is 31.0 Å². The van der Waals surface area contributed by atoms with Crippen LogP contribution in [0.4, 0.5) is 0 Å². The van der Waals surface area contributed by atoms with Crippen LogP contribution in [0.1, 0.15) is 45.6 Å². The largest absolute Gasteiger partial charge is 0.360 e. The molecule has 0 heterocycles. The molecule has 118 valence electrons. The molecule has 5 heteroatoms. The summed E-state index contributed by atoms with van der Waals surface area (Å²) in [5.41, 5.74) is 1.04. The zero-order chi connectivity index (χ0) is 15.9. The van der Waals surface area contributed by atoms with Crippen molar-refractivity contribution in [3.63, 3.8) is 0 Å². The van der Waals surface area contributed by atoms with Crippen LogP contribution in [-0.2, 0) is 10.0 Å². The van der Waals surface area contributed by atoms with Crippen molar-refractivity contribution in [3.05, 3.63) is 29.8 Å². The molecule has 1 rings (SSSR count). The Kier molecular flexibility index (Phi) is 6.89. The Hall–Kier alpha value is -1.36. The number of nitrogens with zero attached hydrogens (tertiary/aromatic N) is 2. The predicted molar refractivity (Wildman–Crippen MR) is 88.2 cm³/mol. The second-order valence-corrected chi connectivity index (χ2v) is 6.68. The topological polar surface area (TPSA) is 49.7 Å². The van der Waals surface area contributed by atoms with Gasteiger partial charge in [0.1, 0.15) is 5.84 Å². The first-order valence-electron chi connectivity index (χ1n) is 7.60. The average Bonchev–Trinajstić information content (AvgIpc) is 2.46. The molecule has 0 aliphatic heterocycles. The van der Waals surface area contributed by atoms with Crippen LogP contribution in [0.3, 0.4) is 0 Å². The zero-order valence-corrected chi connectivity index (χ0v) is 14.3. The van der Waals surface area contributed by atoms with Crippen molar-refractivity contribution in [2.45, 2.75) is 51.9 Å². The van der Waals surface area contributed by atoms with E-state index in [0.29, 0.717) is 12.3 Å². The van der Waals surface area contributed by atoms with Crippen LogP contribution in [0.5, 0.6) is 0 Å². The molecule has 1 aromatic rings. The molecule has 0 N–H and O–H groups in total. The van der Waals surface area contributed by atoms with E-state index in [2.05, 4.69) is 11.3 Å². The van der Waals surface area contributed by atoms with E-state index >= 15 is 0 Å². The number of rotatable bonds is 7.